The highest BCUT2D eigenvalue weighted by Gasteiger charge is 2.30. The summed E-state index contributed by atoms with van der Waals surface area (Å²) in [5.74, 6) is 0.589. The maximum Gasteiger partial charge on any atom is 0.0417 e. The molecule has 0 saturated carbocycles. The van der Waals surface area contributed by atoms with Crippen molar-refractivity contribution in [3.63, 3.8) is 0 Å². The van der Waals surface area contributed by atoms with Crippen LogP contribution in [0, 0.1) is 0 Å². The third-order valence-corrected chi connectivity index (χ3v) is 4.04. The fraction of sp³-hybridized carbons (Fsp3) is 0.500. The molecule has 1 nitrogen and oxygen atoms in total. The van der Waals surface area contributed by atoms with Crippen LogP contribution in [0.1, 0.15) is 31.7 Å². The molecular formula is C12H15BrClN. The molecular weight excluding hydrogens is 273 g/mol. The third-order valence-electron chi connectivity index (χ3n) is 3.12. The first-order valence-electron chi connectivity index (χ1n) is 5.29. The molecule has 1 aromatic carbocycles. The van der Waals surface area contributed by atoms with Gasteiger partial charge in [-0.1, -0.05) is 33.6 Å². The molecule has 1 aromatic rings. The molecule has 1 saturated heterocycles. The van der Waals surface area contributed by atoms with Crippen molar-refractivity contribution in [3.05, 3.63) is 33.3 Å². The van der Waals surface area contributed by atoms with Crippen LogP contribution < -0.4 is 5.32 Å². The van der Waals surface area contributed by atoms with E-state index in [1.54, 1.807) is 0 Å². The molecule has 0 amide bonds. The Hall–Kier alpha value is -0.0500. The number of hydrogen-bond donors (Lipinski definition) is 1. The lowest BCUT2D eigenvalue weighted by molar-refractivity contribution is 0.574. The summed E-state index contributed by atoms with van der Waals surface area (Å²) in [6.45, 7) is 4.48. The van der Waals surface area contributed by atoms with Gasteiger partial charge in [-0.25, -0.2) is 0 Å². The maximum absolute atomic E-state index is 5.94. The van der Waals surface area contributed by atoms with Crippen LogP contribution in [0.15, 0.2) is 22.7 Å². The van der Waals surface area contributed by atoms with Crippen molar-refractivity contribution in [3.8, 4) is 0 Å². The number of hydrogen-bond acceptors (Lipinski definition) is 1. The van der Waals surface area contributed by atoms with E-state index in [4.69, 9.17) is 11.6 Å². The van der Waals surface area contributed by atoms with Crippen molar-refractivity contribution in [2.75, 3.05) is 0 Å². The second kappa shape index (κ2) is 4.44. The van der Waals surface area contributed by atoms with E-state index in [-0.39, 0.29) is 0 Å². The molecule has 1 aliphatic heterocycles. The minimum absolute atomic E-state index is 0.539. The number of benzene rings is 1. The van der Waals surface area contributed by atoms with Gasteiger partial charge in [0.1, 0.15) is 0 Å². The zero-order chi connectivity index (χ0) is 11.0. The Morgan fingerprint density at radius 3 is 2.67 bits per heavy atom. The van der Waals surface area contributed by atoms with Crippen LogP contribution in [0.2, 0.25) is 5.02 Å². The van der Waals surface area contributed by atoms with Gasteiger partial charge in [-0.15, -0.1) is 0 Å². The standard InChI is InChI=1S/C12H15BrClN/c1-7-5-11(8(2)15-7)10-4-3-9(14)6-12(10)13/h3-4,6-8,11,15H,5H2,1-2H3. The van der Waals surface area contributed by atoms with E-state index in [0.717, 1.165) is 9.50 Å². The van der Waals surface area contributed by atoms with Gasteiger partial charge in [-0.2, -0.15) is 0 Å². The van der Waals surface area contributed by atoms with Gasteiger partial charge in [-0.3, -0.25) is 0 Å². The molecule has 1 N–H and O–H groups in total. The van der Waals surface area contributed by atoms with Crippen LogP contribution >= 0.6 is 27.5 Å². The van der Waals surface area contributed by atoms with Crippen molar-refractivity contribution in [2.24, 2.45) is 0 Å². The van der Waals surface area contributed by atoms with Gasteiger partial charge in [0.05, 0.1) is 0 Å². The lowest BCUT2D eigenvalue weighted by Crippen LogP contribution is -2.26. The highest BCUT2D eigenvalue weighted by Crippen LogP contribution is 2.36. The topological polar surface area (TPSA) is 12.0 Å². The van der Waals surface area contributed by atoms with E-state index in [1.807, 2.05) is 12.1 Å². The van der Waals surface area contributed by atoms with E-state index in [2.05, 4.69) is 41.2 Å². The maximum atomic E-state index is 5.94. The summed E-state index contributed by atoms with van der Waals surface area (Å²) in [7, 11) is 0. The van der Waals surface area contributed by atoms with E-state index in [9.17, 15) is 0 Å². The van der Waals surface area contributed by atoms with Crippen LogP contribution in [-0.4, -0.2) is 12.1 Å². The SMILES string of the molecule is CC1CC(c2ccc(Cl)cc2Br)C(C)N1. The Balaban J connectivity index is 2.29. The van der Waals surface area contributed by atoms with Crippen LogP contribution in [0.5, 0.6) is 0 Å². The van der Waals surface area contributed by atoms with Crippen molar-refractivity contribution in [1.82, 2.24) is 5.32 Å². The van der Waals surface area contributed by atoms with Gasteiger partial charge < -0.3 is 5.32 Å². The first-order chi connectivity index (χ1) is 7.08. The summed E-state index contributed by atoms with van der Waals surface area (Å²) < 4.78 is 1.13. The molecule has 82 valence electrons. The number of halogens is 2. The summed E-state index contributed by atoms with van der Waals surface area (Å²) in [6, 6.07) is 7.22. The molecule has 3 atom stereocenters. The highest BCUT2D eigenvalue weighted by molar-refractivity contribution is 9.10. The molecule has 1 aliphatic rings. The van der Waals surface area contributed by atoms with Gasteiger partial charge in [-0.05, 0) is 38.0 Å². The van der Waals surface area contributed by atoms with Crippen molar-refractivity contribution < 1.29 is 0 Å². The summed E-state index contributed by atoms with van der Waals surface area (Å²) in [5.41, 5.74) is 1.36. The lowest BCUT2D eigenvalue weighted by atomic mass is 9.92. The smallest absolute Gasteiger partial charge is 0.0417 e. The molecule has 0 aliphatic carbocycles. The molecule has 1 fully saturated rings. The fourth-order valence-electron chi connectivity index (χ4n) is 2.42. The van der Waals surface area contributed by atoms with E-state index < -0.39 is 0 Å². The van der Waals surface area contributed by atoms with Crippen LogP contribution in [0.3, 0.4) is 0 Å². The average Bonchev–Trinajstić information content (AvgIpc) is 2.45. The summed E-state index contributed by atoms with van der Waals surface area (Å²) in [5, 5.41) is 4.34. The molecule has 3 heteroatoms. The quantitative estimate of drug-likeness (QED) is 0.825. The first kappa shape index (κ1) is 11.4. The largest absolute Gasteiger partial charge is 0.311 e. The molecule has 0 aromatic heterocycles. The van der Waals surface area contributed by atoms with Crippen LogP contribution in [0.25, 0.3) is 0 Å². The Kier molecular flexibility index (Phi) is 3.39. The second-order valence-electron chi connectivity index (χ2n) is 4.36. The molecule has 3 unspecified atom stereocenters. The van der Waals surface area contributed by atoms with Gasteiger partial charge >= 0.3 is 0 Å². The molecule has 0 spiro atoms. The zero-order valence-electron chi connectivity index (χ0n) is 8.93. The summed E-state index contributed by atoms with van der Waals surface area (Å²) in [4.78, 5) is 0. The Morgan fingerprint density at radius 2 is 2.13 bits per heavy atom. The highest BCUT2D eigenvalue weighted by atomic mass is 79.9. The minimum atomic E-state index is 0.539. The van der Waals surface area contributed by atoms with Gasteiger partial charge in [0.2, 0.25) is 0 Å². The van der Waals surface area contributed by atoms with Crippen molar-refractivity contribution in [2.45, 2.75) is 38.3 Å². The normalized spacial score (nSPS) is 30.8. The third kappa shape index (κ3) is 2.38. The molecule has 0 radical (unpaired) electrons. The zero-order valence-corrected chi connectivity index (χ0v) is 11.3. The van der Waals surface area contributed by atoms with E-state index in [1.165, 1.54) is 12.0 Å². The van der Waals surface area contributed by atoms with Crippen LogP contribution in [0.4, 0.5) is 0 Å². The average molecular weight is 289 g/mol. The van der Waals surface area contributed by atoms with E-state index >= 15 is 0 Å². The molecule has 2 rings (SSSR count). The van der Waals surface area contributed by atoms with E-state index in [0.29, 0.717) is 18.0 Å². The number of nitrogens with one attached hydrogen (secondary N) is 1. The Morgan fingerprint density at radius 1 is 1.40 bits per heavy atom. The van der Waals surface area contributed by atoms with Gasteiger partial charge in [0.25, 0.3) is 0 Å². The minimum Gasteiger partial charge on any atom is -0.311 e. The molecule has 0 bridgehead atoms. The molecule has 1 heterocycles. The summed E-state index contributed by atoms with van der Waals surface area (Å²) in [6.07, 6.45) is 1.20. The second-order valence-corrected chi connectivity index (χ2v) is 5.66. The van der Waals surface area contributed by atoms with Crippen molar-refractivity contribution in [1.29, 1.82) is 0 Å². The predicted molar refractivity (Wildman–Crippen MR) is 68.6 cm³/mol. The lowest BCUT2D eigenvalue weighted by Gasteiger charge is -2.17. The van der Waals surface area contributed by atoms with Crippen molar-refractivity contribution >= 4 is 27.5 Å². The first-order valence-corrected chi connectivity index (χ1v) is 6.46. The Bertz CT molecular complexity index is 367. The monoisotopic (exact) mass is 287 g/mol. The Labute approximate surface area is 104 Å². The summed E-state index contributed by atoms with van der Waals surface area (Å²) >= 11 is 9.54. The van der Waals surface area contributed by atoms with Crippen LogP contribution in [-0.2, 0) is 0 Å². The molecule has 15 heavy (non-hydrogen) atoms. The fourth-order valence-corrected chi connectivity index (χ4v) is 3.39. The van der Waals surface area contributed by atoms with Gasteiger partial charge in [0, 0.05) is 27.5 Å². The number of rotatable bonds is 1. The van der Waals surface area contributed by atoms with Gasteiger partial charge in [0.15, 0.2) is 0 Å². The predicted octanol–water partition coefficient (Wildman–Crippen LogP) is 3.96.